The van der Waals surface area contributed by atoms with Crippen molar-refractivity contribution in [2.45, 2.75) is 32.5 Å². The van der Waals surface area contributed by atoms with Gasteiger partial charge in [-0.3, -0.25) is 4.79 Å². The highest BCUT2D eigenvalue weighted by Gasteiger charge is 2.18. The first-order valence-corrected chi connectivity index (χ1v) is 13.0. The lowest BCUT2D eigenvalue weighted by Gasteiger charge is -2.29. The summed E-state index contributed by atoms with van der Waals surface area (Å²) in [6.45, 7) is 6.55. The van der Waals surface area contributed by atoms with Crippen molar-refractivity contribution in [2.75, 3.05) is 49.6 Å². The molecule has 2 saturated heterocycles. The molecule has 2 aliphatic heterocycles. The first kappa shape index (κ1) is 24.2. The summed E-state index contributed by atoms with van der Waals surface area (Å²) in [4.78, 5) is 19.1. The predicted molar refractivity (Wildman–Crippen MR) is 145 cm³/mol. The van der Waals surface area contributed by atoms with E-state index in [0.717, 1.165) is 56.3 Å². The van der Waals surface area contributed by atoms with Gasteiger partial charge in [0.2, 0.25) is 5.91 Å². The molecule has 36 heavy (non-hydrogen) atoms. The Labute approximate surface area is 214 Å². The van der Waals surface area contributed by atoms with Gasteiger partial charge in [-0.2, -0.15) is 0 Å². The van der Waals surface area contributed by atoms with Crippen molar-refractivity contribution < 1.29 is 9.53 Å². The third-order valence-electron chi connectivity index (χ3n) is 7.13. The SMILES string of the molecule is COc1cccc(CN(Cc2ccc(N3CCCC3)cc2)c2cccc(CN3CCNCC3=O)c2)c1. The number of hydrogen-bond donors (Lipinski definition) is 1. The zero-order valence-corrected chi connectivity index (χ0v) is 21.2. The van der Waals surface area contributed by atoms with Crippen molar-refractivity contribution >= 4 is 17.3 Å². The lowest BCUT2D eigenvalue weighted by molar-refractivity contribution is -0.132. The van der Waals surface area contributed by atoms with Gasteiger partial charge >= 0.3 is 0 Å². The van der Waals surface area contributed by atoms with E-state index in [4.69, 9.17) is 4.74 Å². The lowest BCUT2D eigenvalue weighted by atomic mass is 10.1. The van der Waals surface area contributed by atoms with Crippen LogP contribution in [0.2, 0.25) is 0 Å². The van der Waals surface area contributed by atoms with Crippen molar-refractivity contribution in [1.29, 1.82) is 0 Å². The number of anilines is 2. The molecule has 1 amide bonds. The van der Waals surface area contributed by atoms with Crippen molar-refractivity contribution in [3.8, 4) is 5.75 Å². The minimum absolute atomic E-state index is 0.165. The Kier molecular flexibility index (Phi) is 7.72. The Hall–Kier alpha value is -3.51. The molecule has 0 atom stereocenters. The Morgan fingerprint density at radius 1 is 0.861 bits per heavy atom. The van der Waals surface area contributed by atoms with E-state index in [1.54, 1.807) is 7.11 Å². The summed E-state index contributed by atoms with van der Waals surface area (Å²) in [5.41, 5.74) is 6.11. The average Bonchev–Trinajstić information content (AvgIpc) is 3.46. The second-order valence-electron chi connectivity index (χ2n) is 9.73. The van der Waals surface area contributed by atoms with E-state index in [0.29, 0.717) is 13.1 Å². The summed E-state index contributed by atoms with van der Waals surface area (Å²) in [5.74, 6) is 1.03. The fourth-order valence-electron chi connectivity index (χ4n) is 5.12. The summed E-state index contributed by atoms with van der Waals surface area (Å²) >= 11 is 0. The van der Waals surface area contributed by atoms with Gasteiger partial charge in [-0.15, -0.1) is 0 Å². The number of benzene rings is 3. The van der Waals surface area contributed by atoms with E-state index in [1.807, 2.05) is 17.0 Å². The molecule has 1 N–H and O–H groups in total. The summed E-state index contributed by atoms with van der Waals surface area (Å²) < 4.78 is 5.47. The van der Waals surface area contributed by atoms with Crippen LogP contribution in [0.3, 0.4) is 0 Å². The molecule has 188 valence electrons. The number of carbonyl (C=O) groups excluding carboxylic acids is 1. The first-order chi connectivity index (χ1) is 17.7. The number of nitrogens with zero attached hydrogens (tertiary/aromatic N) is 3. The van der Waals surface area contributed by atoms with Crippen LogP contribution in [0.15, 0.2) is 72.8 Å². The molecule has 2 fully saturated rings. The summed E-state index contributed by atoms with van der Waals surface area (Å²) in [6, 6.07) is 25.9. The Morgan fingerprint density at radius 3 is 2.39 bits per heavy atom. The Balaban J connectivity index is 1.38. The van der Waals surface area contributed by atoms with Gasteiger partial charge in [-0.25, -0.2) is 0 Å². The van der Waals surface area contributed by atoms with E-state index < -0.39 is 0 Å². The van der Waals surface area contributed by atoms with Crippen molar-refractivity contribution in [1.82, 2.24) is 10.2 Å². The number of amides is 1. The maximum atomic E-state index is 12.3. The quantitative estimate of drug-likeness (QED) is 0.487. The third-order valence-corrected chi connectivity index (χ3v) is 7.13. The molecule has 2 aliphatic rings. The second kappa shape index (κ2) is 11.5. The lowest BCUT2D eigenvalue weighted by Crippen LogP contribution is -2.47. The average molecular weight is 485 g/mol. The largest absolute Gasteiger partial charge is 0.497 e. The van der Waals surface area contributed by atoms with Gasteiger partial charge in [0.1, 0.15) is 5.75 Å². The Bertz CT molecular complexity index is 1160. The molecule has 0 bridgehead atoms. The molecule has 0 radical (unpaired) electrons. The van der Waals surface area contributed by atoms with E-state index in [-0.39, 0.29) is 5.91 Å². The Morgan fingerprint density at radius 2 is 1.61 bits per heavy atom. The van der Waals surface area contributed by atoms with Gasteiger partial charge in [0.25, 0.3) is 0 Å². The first-order valence-electron chi connectivity index (χ1n) is 13.0. The highest BCUT2D eigenvalue weighted by Crippen LogP contribution is 2.26. The van der Waals surface area contributed by atoms with Crippen LogP contribution in [0, 0.1) is 0 Å². The number of nitrogens with one attached hydrogen (secondary N) is 1. The van der Waals surface area contributed by atoms with E-state index in [9.17, 15) is 4.79 Å². The second-order valence-corrected chi connectivity index (χ2v) is 9.73. The monoisotopic (exact) mass is 484 g/mol. The van der Waals surface area contributed by atoms with Crippen LogP contribution in [0.5, 0.6) is 5.75 Å². The van der Waals surface area contributed by atoms with E-state index in [1.165, 1.54) is 29.7 Å². The molecule has 0 aliphatic carbocycles. The fraction of sp³-hybridized carbons (Fsp3) is 0.367. The maximum Gasteiger partial charge on any atom is 0.236 e. The molecule has 0 saturated carbocycles. The molecule has 3 aromatic carbocycles. The number of ether oxygens (including phenoxy) is 1. The van der Waals surface area contributed by atoms with Gasteiger partial charge in [0, 0.05) is 57.2 Å². The van der Waals surface area contributed by atoms with Crippen LogP contribution in [-0.2, 0) is 24.4 Å². The summed E-state index contributed by atoms with van der Waals surface area (Å²) in [7, 11) is 1.71. The minimum atomic E-state index is 0.165. The van der Waals surface area contributed by atoms with Gasteiger partial charge in [-0.1, -0.05) is 36.4 Å². The number of hydrogen-bond acceptors (Lipinski definition) is 5. The van der Waals surface area contributed by atoms with Crippen LogP contribution in [0.25, 0.3) is 0 Å². The molecular formula is C30H36N4O2. The van der Waals surface area contributed by atoms with E-state index in [2.05, 4.69) is 75.8 Å². The van der Waals surface area contributed by atoms with Gasteiger partial charge in [-0.05, 0) is 65.9 Å². The van der Waals surface area contributed by atoms with Gasteiger partial charge in [0.15, 0.2) is 0 Å². The van der Waals surface area contributed by atoms with Crippen LogP contribution in [0.1, 0.15) is 29.5 Å². The zero-order chi connectivity index (χ0) is 24.7. The smallest absolute Gasteiger partial charge is 0.236 e. The number of piperazine rings is 1. The zero-order valence-electron chi connectivity index (χ0n) is 21.2. The van der Waals surface area contributed by atoms with Crippen LogP contribution in [-0.4, -0.2) is 50.6 Å². The molecule has 0 aromatic heterocycles. The molecule has 6 heteroatoms. The van der Waals surface area contributed by atoms with Crippen LogP contribution < -0.4 is 19.9 Å². The van der Waals surface area contributed by atoms with Gasteiger partial charge < -0.3 is 24.8 Å². The molecule has 2 heterocycles. The standard InChI is InChI=1S/C30H36N4O2/c1-36-29-9-5-7-26(19-29)23-34(21-24-10-12-27(13-11-24)32-15-2-3-16-32)28-8-4-6-25(18-28)22-33-17-14-31-20-30(33)35/h4-13,18-19,31H,2-3,14-17,20-23H2,1H3. The van der Waals surface area contributed by atoms with Crippen molar-refractivity contribution in [3.63, 3.8) is 0 Å². The third kappa shape index (κ3) is 6.00. The maximum absolute atomic E-state index is 12.3. The van der Waals surface area contributed by atoms with Crippen molar-refractivity contribution in [3.05, 3.63) is 89.5 Å². The molecule has 0 unspecified atom stereocenters. The molecular weight excluding hydrogens is 448 g/mol. The topological polar surface area (TPSA) is 48.1 Å². The summed E-state index contributed by atoms with van der Waals surface area (Å²) in [5, 5.41) is 3.15. The molecule has 3 aromatic rings. The number of carbonyl (C=O) groups is 1. The molecule has 6 nitrogen and oxygen atoms in total. The number of rotatable bonds is 9. The van der Waals surface area contributed by atoms with E-state index >= 15 is 0 Å². The number of methoxy groups -OCH3 is 1. The molecule has 5 rings (SSSR count). The predicted octanol–water partition coefficient (Wildman–Crippen LogP) is 4.43. The fourth-order valence-corrected chi connectivity index (χ4v) is 5.12. The highest BCUT2D eigenvalue weighted by atomic mass is 16.5. The van der Waals surface area contributed by atoms with Crippen LogP contribution >= 0.6 is 0 Å². The van der Waals surface area contributed by atoms with Gasteiger partial charge in [0.05, 0.1) is 13.7 Å². The highest BCUT2D eigenvalue weighted by molar-refractivity contribution is 5.79. The minimum Gasteiger partial charge on any atom is -0.497 e. The van der Waals surface area contributed by atoms with Crippen molar-refractivity contribution in [2.24, 2.45) is 0 Å². The normalized spacial score (nSPS) is 15.9. The molecule has 0 spiro atoms. The summed E-state index contributed by atoms with van der Waals surface area (Å²) in [6.07, 6.45) is 2.57. The van der Waals surface area contributed by atoms with Crippen LogP contribution in [0.4, 0.5) is 11.4 Å².